The van der Waals surface area contributed by atoms with Gasteiger partial charge < -0.3 is 9.30 Å². The predicted molar refractivity (Wildman–Crippen MR) is 86.2 cm³/mol. The number of ether oxygens (including phenoxy) is 1. The molecule has 1 heterocycles. The summed E-state index contributed by atoms with van der Waals surface area (Å²) >= 11 is 5.88. The van der Waals surface area contributed by atoms with E-state index in [1.807, 2.05) is 30.3 Å². The molecule has 1 fully saturated rings. The summed E-state index contributed by atoms with van der Waals surface area (Å²) in [6.45, 7) is 1.14. The highest BCUT2D eigenvalue weighted by Gasteiger charge is 2.22. The Morgan fingerprint density at radius 1 is 1.00 bits per heavy atom. The van der Waals surface area contributed by atoms with Gasteiger partial charge in [0.2, 0.25) is 0 Å². The molecular weight excluding hydrogens is 282 g/mol. The van der Waals surface area contributed by atoms with Gasteiger partial charge in [-0.05, 0) is 67.3 Å². The van der Waals surface area contributed by atoms with Gasteiger partial charge in [-0.1, -0.05) is 11.6 Å². The quantitative estimate of drug-likeness (QED) is 0.620. The number of rotatable bonds is 4. The minimum absolute atomic E-state index is 0.718. The summed E-state index contributed by atoms with van der Waals surface area (Å²) in [5.74, 6) is 2.54. The van der Waals surface area contributed by atoms with Crippen molar-refractivity contribution in [1.82, 2.24) is 4.57 Å². The van der Waals surface area contributed by atoms with Gasteiger partial charge in [-0.3, -0.25) is 0 Å². The smallest absolute Gasteiger partial charge is 0.128 e. The third kappa shape index (κ3) is 2.77. The minimum Gasteiger partial charge on any atom is -0.457 e. The Labute approximate surface area is 128 Å². The molecule has 106 valence electrons. The van der Waals surface area contributed by atoms with Crippen molar-refractivity contribution in [2.75, 3.05) is 0 Å². The molecule has 0 atom stereocenters. The highest BCUT2D eigenvalue weighted by Crippen LogP contribution is 2.33. The van der Waals surface area contributed by atoms with E-state index in [2.05, 4.69) is 29.0 Å². The van der Waals surface area contributed by atoms with Gasteiger partial charge in [0, 0.05) is 28.7 Å². The van der Waals surface area contributed by atoms with Crippen molar-refractivity contribution in [3.63, 3.8) is 0 Å². The maximum absolute atomic E-state index is 5.88. The molecule has 1 aromatic heterocycles. The lowest BCUT2D eigenvalue weighted by Crippen LogP contribution is -1.97. The van der Waals surface area contributed by atoms with E-state index in [1.54, 1.807) is 0 Å². The molecule has 1 aliphatic carbocycles. The highest BCUT2D eigenvalue weighted by molar-refractivity contribution is 6.30. The largest absolute Gasteiger partial charge is 0.457 e. The van der Waals surface area contributed by atoms with Crippen LogP contribution < -0.4 is 4.74 Å². The molecule has 0 bridgehead atoms. The predicted octanol–water partition coefficient (Wildman–Crippen LogP) is 5.50. The number of benzene rings is 2. The van der Waals surface area contributed by atoms with E-state index in [0.29, 0.717) is 0 Å². The first-order chi connectivity index (χ1) is 10.3. The lowest BCUT2D eigenvalue weighted by Gasteiger charge is -2.07. The van der Waals surface area contributed by atoms with Crippen molar-refractivity contribution in [3.8, 4) is 11.5 Å². The average molecular weight is 298 g/mol. The van der Waals surface area contributed by atoms with Crippen molar-refractivity contribution in [1.29, 1.82) is 0 Å². The molecule has 0 saturated heterocycles. The molecular formula is C18H16ClNO. The average Bonchev–Trinajstić information content (AvgIpc) is 3.22. The van der Waals surface area contributed by atoms with Crippen molar-refractivity contribution >= 4 is 22.5 Å². The number of hydrogen-bond donors (Lipinski definition) is 0. The lowest BCUT2D eigenvalue weighted by atomic mass is 10.2. The highest BCUT2D eigenvalue weighted by atomic mass is 35.5. The number of halogens is 1. The molecule has 0 N–H and O–H groups in total. The molecule has 4 rings (SSSR count). The molecule has 0 unspecified atom stereocenters. The standard InChI is InChI=1S/C18H16ClNO/c19-15-3-5-16(6-4-15)21-17-7-8-18-14(11-17)9-10-20(18)12-13-1-2-13/h3-11,13H,1-2,12H2. The van der Waals surface area contributed by atoms with Gasteiger partial charge in [0.25, 0.3) is 0 Å². The van der Waals surface area contributed by atoms with Gasteiger partial charge in [0.1, 0.15) is 11.5 Å². The third-order valence-corrected chi connectivity index (χ3v) is 4.20. The van der Waals surface area contributed by atoms with E-state index >= 15 is 0 Å². The molecule has 3 heteroatoms. The van der Waals surface area contributed by atoms with Crippen LogP contribution in [0.15, 0.2) is 54.7 Å². The summed E-state index contributed by atoms with van der Waals surface area (Å²) in [7, 11) is 0. The zero-order chi connectivity index (χ0) is 14.2. The van der Waals surface area contributed by atoms with E-state index in [0.717, 1.165) is 29.0 Å². The van der Waals surface area contributed by atoms with Crippen LogP contribution in [-0.4, -0.2) is 4.57 Å². The molecule has 1 saturated carbocycles. The Morgan fingerprint density at radius 2 is 1.76 bits per heavy atom. The zero-order valence-electron chi connectivity index (χ0n) is 11.6. The summed E-state index contributed by atoms with van der Waals surface area (Å²) in [6.07, 6.45) is 4.92. The summed E-state index contributed by atoms with van der Waals surface area (Å²) in [4.78, 5) is 0. The van der Waals surface area contributed by atoms with Gasteiger partial charge in [-0.2, -0.15) is 0 Å². The Morgan fingerprint density at radius 3 is 2.52 bits per heavy atom. The molecule has 0 radical (unpaired) electrons. The van der Waals surface area contributed by atoms with Crippen LogP contribution in [0, 0.1) is 5.92 Å². The molecule has 2 nitrogen and oxygen atoms in total. The van der Waals surface area contributed by atoms with Crippen molar-refractivity contribution in [2.24, 2.45) is 5.92 Å². The van der Waals surface area contributed by atoms with Crippen LogP contribution in [0.3, 0.4) is 0 Å². The SMILES string of the molecule is Clc1ccc(Oc2ccc3c(ccn3CC3CC3)c2)cc1. The maximum atomic E-state index is 5.88. The second kappa shape index (κ2) is 5.12. The minimum atomic E-state index is 0.718. The van der Waals surface area contributed by atoms with Gasteiger partial charge in [-0.15, -0.1) is 0 Å². The molecule has 0 amide bonds. The van der Waals surface area contributed by atoms with Crippen molar-refractivity contribution < 1.29 is 4.74 Å². The number of fused-ring (bicyclic) bond motifs is 1. The van der Waals surface area contributed by atoms with Crippen LogP contribution in [0.5, 0.6) is 11.5 Å². The maximum Gasteiger partial charge on any atom is 0.128 e. The van der Waals surface area contributed by atoms with Crippen LogP contribution in [0.4, 0.5) is 0 Å². The molecule has 2 aromatic carbocycles. The number of aromatic nitrogens is 1. The van der Waals surface area contributed by atoms with Gasteiger partial charge >= 0.3 is 0 Å². The molecule has 0 spiro atoms. The Bertz CT molecular complexity index is 772. The van der Waals surface area contributed by atoms with E-state index in [-0.39, 0.29) is 0 Å². The number of hydrogen-bond acceptors (Lipinski definition) is 1. The lowest BCUT2D eigenvalue weighted by molar-refractivity contribution is 0.483. The third-order valence-electron chi connectivity index (χ3n) is 3.94. The zero-order valence-corrected chi connectivity index (χ0v) is 12.4. The van der Waals surface area contributed by atoms with Crippen LogP contribution in [-0.2, 0) is 6.54 Å². The Hall–Kier alpha value is -1.93. The normalized spacial score (nSPS) is 14.5. The van der Waals surface area contributed by atoms with E-state index in [4.69, 9.17) is 16.3 Å². The van der Waals surface area contributed by atoms with E-state index in [9.17, 15) is 0 Å². The molecule has 1 aliphatic rings. The Kier molecular flexibility index (Phi) is 3.12. The van der Waals surface area contributed by atoms with Gasteiger partial charge in [0.15, 0.2) is 0 Å². The van der Waals surface area contributed by atoms with Gasteiger partial charge in [0.05, 0.1) is 0 Å². The number of nitrogens with zero attached hydrogens (tertiary/aromatic N) is 1. The topological polar surface area (TPSA) is 14.2 Å². The second-order valence-electron chi connectivity index (χ2n) is 5.69. The first kappa shape index (κ1) is 12.8. The summed E-state index contributed by atoms with van der Waals surface area (Å²) in [6, 6.07) is 15.8. The summed E-state index contributed by atoms with van der Waals surface area (Å²) in [5.41, 5.74) is 1.28. The fourth-order valence-electron chi connectivity index (χ4n) is 2.62. The summed E-state index contributed by atoms with van der Waals surface area (Å²) in [5, 5.41) is 1.94. The summed E-state index contributed by atoms with van der Waals surface area (Å²) < 4.78 is 8.22. The molecule has 0 aliphatic heterocycles. The van der Waals surface area contributed by atoms with E-state index < -0.39 is 0 Å². The van der Waals surface area contributed by atoms with Crippen LogP contribution in [0.2, 0.25) is 5.02 Å². The monoisotopic (exact) mass is 297 g/mol. The van der Waals surface area contributed by atoms with Crippen LogP contribution in [0.25, 0.3) is 10.9 Å². The van der Waals surface area contributed by atoms with Crippen LogP contribution in [0.1, 0.15) is 12.8 Å². The first-order valence-electron chi connectivity index (χ1n) is 7.30. The fourth-order valence-corrected chi connectivity index (χ4v) is 2.74. The second-order valence-corrected chi connectivity index (χ2v) is 6.12. The van der Waals surface area contributed by atoms with Crippen LogP contribution >= 0.6 is 11.6 Å². The fraction of sp³-hybridized carbons (Fsp3) is 0.222. The molecule has 21 heavy (non-hydrogen) atoms. The molecule has 3 aromatic rings. The first-order valence-corrected chi connectivity index (χ1v) is 7.68. The van der Waals surface area contributed by atoms with Crippen molar-refractivity contribution in [3.05, 3.63) is 59.8 Å². The van der Waals surface area contributed by atoms with Gasteiger partial charge in [-0.25, -0.2) is 0 Å². The Balaban J connectivity index is 1.59. The van der Waals surface area contributed by atoms with Crippen molar-refractivity contribution in [2.45, 2.75) is 19.4 Å². The van der Waals surface area contributed by atoms with E-state index in [1.165, 1.54) is 23.7 Å².